The van der Waals surface area contributed by atoms with Crippen LogP contribution in [-0.4, -0.2) is 46.8 Å². The molecule has 1 aliphatic rings. The first-order chi connectivity index (χ1) is 14.1. The van der Waals surface area contributed by atoms with Gasteiger partial charge in [-0.25, -0.2) is 4.79 Å². The van der Waals surface area contributed by atoms with Crippen LogP contribution in [0.3, 0.4) is 0 Å². The molecule has 3 rings (SSSR count). The first kappa shape index (κ1) is 22.8. The maximum Gasteiger partial charge on any atom is 0.490 e. The predicted octanol–water partition coefficient (Wildman–Crippen LogP) is 2.73. The van der Waals surface area contributed by atoms with E-state index in [0.717, 1.165) is 24.1 Å². The van der Waals surface area contributed by atoms with Crippen molar-refractivity contribution in [2.75, 3.05) is 6.54 Å². The number of alkyl halides is 3. The first-order valence-electron chi connectivity index (χ1n) is 8.91. The zero-order valence-corrected chi connectivity index (χ0v) is 15.9. The van der Waals surface area contributed by atoms with Crippen LogP contribution in [0.1, 0.15) is 29.4 Å². The number of aliphatic carboxylic acids is 1. The monoisotopic (exact) mass is 420 g/mol. The summed E-state index contributed by atoms with van der Waals surface area (Å²) in [5.74, 6) is -2.92. The van der Waals surface area contributed by atoms with Gasteiger partial charge >= 0.3 is 12.1 Å². The number of carbonyl (C=O) groups excluding carboxylic acids is 1. The number of hydrogen-bond donors (Lipinski definition) is 3. The number of halogens is 3. The number of rotatable bonds is 3. The van der Waals surface area contributed by atoms with E-state index in [2.05, 4.69) is 28.6 Å². The molecule has 1 aromatic heterocycles. The lowest BCUT2D eigenvalue weighted by molar-refractivity contribution is -0.192. The lowest BCUT2D eigenvalue weighted by Crippen LogP contribution is -2.36. The van der Waals surface area contributed by atoms with Crippen molar-refractivity contribution >= 4 is 11.9 Å². The van der Waals surface area contributed by atoms with Crippen LogP contribution in [0.4, 0.5) is 13.2 Å². The zero-order chi connectivity index (χ0) is 22.3. The number of benzene rings is 1. The molecule has 0 spiro atoms. The van der Waals surface area contributed by atoms with E-state index in [9.17, 15) is 18.0 Å². The minimum atomic E-state index is -5.08. The molecule has 0 unspecified atom stereocenters. The normalized spacial score (nSPS) is 18.0. The SMILES string of the molecule is C[C@@H]1C[C@@H](NC(=O)c2cc(-c3cccc(C#N)c3)ccn2)CN1.O=C(O)C(F)(F)F. The topological polar surface area (TPSA) is 115 Å². The Hall–Kier alpha value is -3.45. The summed E-state index contributed by atoms with van der Waals surface area (Å²) in [5.41, 5.74) is 2.76. The van der Waals surface area contributed by atoms with Crippen molar-refractivity contribution in [1.82, 2.24) is 15.6 Å². The van der Waals surface area contributed by atoms with Crippen molar-refractivity contribution in [3.63, 3.8) is 0 Å². The zero-order valence-electron chi connectivity index (χ0n) is 15.9. The highest BCUT2D eigenvalue weighted by molar-refractivity contribution is 5.93. The van der Waals surface area contributed by atoms with Gasteiger partial charge in [-0.3, -0.25) is 9.78 Å². The Morgan fingerprint density at radius 1 is 1.27 bits per heavy atom. The third kappa shape index (κ3) is 6.56. The summed E-state index contributed by atoms with van der Waals surface area (Å²) in [5, 5.41) is 22.4. The van der Waals surface area contributed by atoms with Gasteiger partial charge in [-0.05, 0) is 48.7 Å². The molecule has 1 aliphatic heterocycles. The fraction of sp³-hybridized carbons (Fsp3) is 0.300. The summed E-state index contributed by atoms with van der Waals surface area (Å²) in [6.07, 6.45) is -2.53. The van der Waals surface area contributed by atoms with Crippen molar-refractivity contribution in [2.45, 2.75) is 31.6 Å². The summed E-state index contributed by atoms with van der Waals surface area (Å²) in [6, 6.07) is 13.6. The number of pyridine rings is 1. The number of nitrogens with zero attached hydrogens (tertiary/aromatic N) is 2. The van der Waals surface area contributed by atoms with Crippen LogP contribution < -0.4 is 10.6 Å². The minimum absolute atomic E-state index is 0.143. The number of amides is 1. The van der Waals surface area contributed by atoms with Gasteiger partial charge in [0.05, 0.1) is 11.6 Å². The van der Waals surface area contributed by atoms with Gasteiger partial charge in [-0.15, -0.1) is 0 Å². The van der Waals surface area contributed by atoms with Gasteiger partial charge in [0.1, 0.15) is 5.69 Å². The van der Waals surface area contributed by atoms with Gasteiger partial charge in [-0.1, -0.05) is 12.1 Å². The highest BCUT2D eigenvalue weighted by Gasteiger charge is 2.38. The van der Waals surface area contributed by atoms with Crippen LogP contribution in [0.2, 0.25) is 0 Å². The fourth-order valence-electron chi connectivity index (χ4n) is 2.81. The van der Waals surface area contributed by atoms with Gasteiger partial charge in [0, 0.05) is 24.8 Å². The summed E-state index contributed by atoms with van der Waals surface area (Å²) in [6.45, 7) is 2.89. The maximum atomic E-state index is 12.4. The molecule has 10 heteroatoms. The molecule has 3 N–H and O–H groups in total. The third-order valence-corrected chi connectivity index (χ3v) is 4.25. The van der Waals surface area contributed by atoms with Crippen molar-refractivity contribution in [1.29, 1.82) is 5.26 Å². The minimum Gasteiger partial charge on any atom is -0.475 e. The Kier molecular flexibility index (Phi) is 7.49. The highest BCUT2D eigenvalue weighted by atomic mass is 19.4. The number of aromatic nitrogens is 1. The van der Waals surface area contributed by atoms with Gasteiger partial charge in [0.2, 0.25) is 0 Å². The molecular weight excluding hydrogens is 401 g/mol. The molecule has 1 saturated heterocycles. The number of nitriles is 1. The molecular formula is C20H19F3N4O3. The van der Waals surface area contributed by atoms with E-state index in [4.69, 9.17) is 15.2 Å². The number of nitrogens with one attached hydrogen (secondary N) is 2. The molecule has 158 valence electrons. The molecule has 0 radical (unpaired) electrons. The average molecular weight is 420 g/mol. The van der Waals surface area contributed by atoms with E-state index >= 15 is 0 Å². The molecule has 7 nitrogen and oxygen atoms in total. The molecule has 2 heterocycles. The lowest BCUT2D eigenvalue weighted by atomic mass is 10.0. The molecule has 0 aliphatic carbocycles. The average Bonchev–Trinajstić information content (AvgIpc) is 3.12. The smallest absolute Gasteiger partial charge is 0.475 e. The van der Waals surface area contributed by atoms with Gasteiger partial charge in [-0.2, -0.15) is 18.4 Å². The van der Waals surface area contributed by atoms with E-state index in [1.54, 1.807) is 24.4 Å². The quantitative estimate of drug-likeness (QED) is 0.703. The fourth-order valence-corrected chi connectivity index (χ4v) is 2.81. The van der Waals surface area contributed by atoms with Gasteiger partial charge in [0.25, 0.3) is 5.91 Å². The van der Waals surface area contributed by atoms with E-state index < -0.39 is 12.1 Å². The van der Waals surface area contributed by atoms with Crippen molar-refractivity contribution in [3.8, 4) is 17.2 Å². The summed E-state index contributed by atoms with van der Waals surface area (Å²) in [4.78, 5) is 25.4. The Morgan fingerprint density at radius 3 is 2.50 bits per heavy atom. The van der Waals surface area contributed by atoms with Crippen LogP contribution in [0.25, 0.3) is 11.1 Å². The van der Waals surface area contributed by atoms with Crippen molar-refractivity contribution in [2.24, 2.45) is 0 Å². The Balaban J connectivity index is 0.000000396. The van der Waals surface area contributed by atoms with Crippen molar-refractivity contribution in [3.05, 3.63) is 53.9 Å². The van der Waals surface area contributed by atoms with Crippen LogP contribution in [0.15, 0.2) is 42.6 Å². The number of carboxylic acids is 1. The van der Waals surface area contributed by atoms with E-state index in [-0.39, 0.29) is 11.9 Å². The van der Waals surface area contributed by atoms with Crippen LogP contribution in [-0.2, 0) is 4.79 Å². The van der Waals surface area contributed by atoms with Gasteiger partial charge < -0.3 is 15.7 Å². The van der Waals surface area contributed by atoms with Crippen LogP contribution in [0, 0.1) is 11.3 Å². The largest absolute Gasteiger partial charge is 0.490 e. The van der Waals surface area contributed by atoms with Gasteiger partial charge in [0.15, 0.2) is 0 Å². The molecule has 2 atom stereocenters. The number of carbonyl (C=O) groups is 2. The third-order valence-electron chi connectivity index (χ3n) is 4.25. The van der Waals surface area contributed by atoms with E-state index in [1.807, 2.05) is 18.2 Å². The maximum absolute atomic E-state index is 12.4. The van der Waals surface area contributed by atoms with Crippen molar-refractivity contribution < 1.29 is 27.9 Å². The summed E-state index contributed by atoms with van der Waals surface area (Å²) >= 11 is 0. The predicted molar refractivity (Wildman–Crippen MR) is 101 cm³/mol. The second-order valence-corrected chi connectivity index (χ2v) is 6.64. The standard InChI is InChI=1S/C18H18N4O.C2HF3O2/c1-12-7-16(11-21-12)22-18(23)17-9-15(5-6-20-17)14-4-2-3-13(8-14)10-19;3-2(4,5)1(6)7/h2-6,8-9,12,16,21H,7,11H2,1H3,(H,22,23);(H,6,7)/t12-,16-;/m1./s1. The molecule has 1 aromatic carbocycles. The molecule has 0 bridgehead atoms. The van der Waals surface area contributed by atoms with Crippen LogP contribution in [0.5, 0.6) is 0 Å². The molecule has 0 saturated carbocycles. The first-order valence-corrected chi connectivity index (χ1v) is 8.91. The molecule has 2 aromatic rings. The second-order valence-electron chi connectivity index (χ2n) is 6.64. The summed E-state index contributed by atoms with van der Waals surface area (Å²) in [7, 11) is 0. The summed E-state index contributed by atoms with van der Waals surface area (Å²) < 4.78 is 31.7. The Labute approximate surface area is 170 Å². The van der Waals surface area contributed by atoms with E-state index in [0.29, 0.717) is 17.3 Å². The lowest BCUT2D eigenvalue weighted by Gasteiger charge is -2.11. The van der Waals surface area contributed by atoms with E-state index in [1.165, 1.54) is 0 Å². The van der Waals surface area contributed by atoms with Crippen LogP contribution >= 0.6 is 0 Å². The molecule has 30 heavy (non-hydrogen) atoms. The Morgan fingerprint density at radius 2 is 1.93 bits per heavy atom. The number of hydrogen-bond acceptors (Lipinski definition) is 5. The second kappa shape index (κ2) is 9.84. The molecule has 1 fully saturated rings. The number of carboxylic acid groups (broad SMARTS) is 1. The highest BCUT2D eigenvalue weighted by Crippen LogP contribution is 2.20. The Bertz CT molecular complexity index is 957. The molecule has 1 amide bonds.